The van der Waals surface area contributed by atoms with Crippen LogP contribution >= 0.6 is 0 Å². The van der Waals surface area contributed by atoms with Gasteiger partial charge in [0.15, 0.2) is 0 Å². The standard InChI is InChI=1S/C14H7F5N2O6/c15-4-1-3(27-14(17,18)19)2-5(16)6(4)7-8(12(23)24)10(20)21-11(22)9(7)13(25)26/h1-2H,(H,23,24)(H,25,26)(H3,20,21,22). The second-order valence-electron chi connectivity index (χ2n) is 4.91. The highest BCUT2D eigenvalue weighted by Gasteiger charge is 2.34. The Balaban J connectivity index is 2.92. The summed E-state index contributed by atoms with van der Waals surface area (Å²) in [5, 5.41) is 18.3. The van der Waals surface area contributed by atoms with E-state index in [1.807, 2.05) is 0 Å². The van der Waals surface area contributed by atoms with Crippen LogP contribution in [0, 0.1) is 11.6 Å². The van der Waals surface area contributed by atoms with E-state index in [1.54, 1.807) is 4.98 Å². The maximum absolute atomic E-state index is 14.3. The highest BCUT2D eigenvalue weighted by Crippen LogP contribution is 2.36. The Kier molecular flexibility index (Phi) is 4.80. The number of aromatic amines is 1. The van der Waals surface area contributed by atoms with Gasteiger partial charge >= 0.3 is 18.3 Å². The summed E-state index contributed by atoms with van der Waals surface area (Å²) in [6.45, 7) is 0. The molecular weight excluding hydrogens is 387 g/mol. The lowest BCUT2D eigenvalue weighted by Gasteiger charge is -2.15. The number of carboxylic acid groups (broad SMARTS) is 2. The predicted octanol–water partition coefficient (Wildman–Crippen LogP) is 2.20. The van der Waals surface area contributed by atoms with E-state index >= 15 is 0 Å². The molecule has 0 saturated carbocycles. The zero-order valence-corrected chi connectivity index (χ0v) is 12.6. The summed E-state index contributed by atoms with van der Waals surface area (Å²) in [6, 6.07) is 0.0844. The molecule has 0 fully saturated rings. The number of hydrogen-bond donors (Lipinski definition) is 4. The van der Waals surface area contributed by atoms with Crippen LogP contribution < -0.4 is 16.0 Å². The Morgan fingerprint density at radius 2 is 1.48 bits per heavy atom. The minimum atomic E-state index is -5.28. The number of carboxylic acids is 2. The van der Waals surface area contributed by atoms with Gasteiger partial charge in [0, 0.05) is 17.7 Å². The summed E-state index contributed by atoms with van der Waals surface area (Å²) >= 11 is 0. The Morgan fingerprint density at radius 3 is 1.89 bits per heavy atom. The van der Waals surface area contributed by atoms with E-state index in [2.05, 4.69) is 4.74 Å². The smallest absolute Gasteiger partial charge is 0.478 e. The predicted molar refractivity (Wildman–Crippen MR) is 77.4 cm³/mol. The zero-order chi connectivity index (χ0) is 20.7. The Labute approximate surface area is 144 Å². The number of aromatic nitrogens is 1. The lowest BCUT2D eigenvalue weighted by Crippen LogP contribution is -2.25. The van der Waals surface area contributed by atoms with E-state index in [0.29, 0.717) is 0 Å². The van der Waals surface area contributed by atoms with Gasteiger partial charge in [0.25, 0.3) is 5.56 Å². The normalized spacial score (nSPS) is 11.3. The highest BCUT2D eigenvalue weighted by atomic mass is 19.4. The Bertz CT molecular complexity index is 991. The van der Waals surface area contributed by atoms with Crippen molar-refractivity contribution in [1.29, 1.82) is 0 Å². The number of alkyl halides is 3. The molecule has 2 aromatic rings. The molecule has 0 spiro atoms. The first kappa shape index (κ1) is 19.7. The maximum Gasteiger partial charge on any atom is 0.573 e. The monoisotopic (exact) mass is 394 g/mol. The molecule has 1 aromatic heterocycles. The number of rotatable bonds is 4. The van der Waals surface area contributed by atoms with E-state index in [-0.39, 0.29) is 12.1 Å². The summed E-state index contributed by atoms with van der Waals surface area (Å²) in [6.07, 6.45) is -5.28. The average Bonchev–Trinajstić information content (AvgIpc) is 2.42. The fourth-order valence-electron chi connectivity index (χ4n) is 2.28. The Hall–Kier alpha value is -3.64. The highest BCUT2D eigenvalue weighted by molar-refractivity contribution is 6.07. The Morgan fingerprint density at radius 1 is 1.00 bits per heavy atom. The van der Waals surface area contributed by atoms with Crippen LogP contribution in [0.15, 0.2) is 16.9 Å². The van der Waals surface area contributed by atoms with Crippen LogP contribution in [0.5, 0.6) is 5.75 Å². The average molecular weight is 394 g/mol. The summed E-state index contributed by atoms with van der Waals surface area (Å²) < 4.78 is 68.5. The van der Waals surface area contributed by atoms with Crippen LogP contribution in [0.1, 0.15) is 20.7 Å². The summed E-state index contributed by atoms with van der Waals surface area (Å²) in [5.74, 6) is -9.87. The first-order valence-electron chi connectivity index (χ1n) is 6.61. The molecule has 2 rings (SSSR count). The molecule has 0 amide bonds. The number of pyridine rings is 1. The SMILES string of the molecule is Nc1[nH]c(=O)c(C(=O)O)c(-c2c(F)cc(OC(F)(F)F)cc2F)c1C(=O)O. The first-order valence-corrected chi connectivity index (χ1v) is 6.61. The molecule has 0 aliphatic carbocycles. The van der Waals surface area contributed by atoms with Crippen LogP contribution in [0.4, 0.5) is 27.8 Å². The maximum atomic E-state index is 14.3. The van der Waals surface area contributed by atoms with Crippen LogP contribution in [-0.2, 0) is 0 Å². The summed E-state index contributed by atoms with van der Waals surface area (Å²) in [4.78, 5) is 36.2. The van der Waals surface area contributed by atoms with Crippen molar-refractivity contribution < 1.29 is 46.5 Å². The fourth-order valence-corrected chi connectivity index (χ4v) is 2.28. The van der Waals surface area contributed by atoms with Crippen molar-refractivity contribution >= 4 is 17.8 Å². The fraction of sp³-hybridized carbons (Fsp3) is 0.0714. The number of nitrogen functional groups attached to an aromatic ring is 1. The first-order chi connectivity index (χ1) is 12.3. The van der Waals surface area contributed by atoms with Gasteiger partial charge in [0.05, 0.1) is 5.56 Å². The largest absolute Gasteiger partial charge is 0.573 e. The van der Waals surface area contributed by atoms with Crippen LogP contribution in [0.25, 0.3) is 11.1 Å². The molecule has 5 N–H and O–H groups in total. The second-order valence-corrected chi connectivity index (χ2v) is 4.91. The van der Waals surface area contributed by atoms with E-state index in [0.717, 1.165) is 0 Å². The molecule has 1 heterocycles. The van der Waals surface area contributed by atoms with Gasteiger partial charge in [-0.2, -0.15) is 0 Å². The molecule has 0 saturated heterocycles. The molecular formula is C14H7F5N2O6. The van der Waals surface area contributed by atoms with E-state index < -0.39 is 69.3 Å². The molecule has 13 heteroatoms. The molecule has 1 aromatic carbocycles. The summed E-state index contributed by atoms with van der Waals surface area (Å²) in [7, 11) is 0. The van der Waals surface area contributed by atoms with Crippen molar-refractivity contribution in [2.45, 2.75) is 6.36 Å². The van der Waals surface area contributed by atoms with E-state index in [4.69, 9.17) is 10.8 Å². The van der Waals surface area contributed by atoms with Crippen molar-refractivity contribution in [3.63, 3.8) is 0 Å². The lowest BCUT2D eigenvalue weighted by molar-refractivity contribution is -0.274. The van der Waals surface area contributed by atoms with Crippen LogP contribution in [0.2, 0.25) is 0 Å². The quantitative estimate of drug-likeness (QED) is 0.582. The minimum absolute atomic E-state index is 0.0422. The van der Waals surface area contributed by atoms with Crippen LogP contribution in [-0.4, -0.2) is 33.5 Å². The number of halogens is 5. The van der Waals surface area contributed by atoms with Gasteiger partial charge in [-0.15, -0.1) is 13.2 Å². The molecule has 144 valence electrons. The minimum Gasteiger partial charge on any atom is -0.478 e. The van der Waals surface area contributed by atoms with Crippen LogP contribution in [0.3, 0.4) is 0 Å². The molecule has 27 heavy (non-hydrogen) atoms. The van der Waals surface area contributed by atoms with Gasteiger partial charge in [-0.05, 0) is 0 Å². The third-order valence-electron chi connectivity index (χ3n) is 3.17. The molecule has 0 unspecified atom stereocenters. The molecule has 0 radical (unpaired) electrons. The van der Waals surface area contributed by atoms with Gasteiger partial charge in [-0.3, -0.25) is 4.79 Å². The number of nitrogens with one attached hydrogen (secondary N) is 1. The molecule has 0 bridgehead atoms. The summed E-state index contributed by atoms with van der Waals surface area (Å²) in [5.41, 5.74) is -1.33. The lowest BCUT2D eigenvalue weighted by atomic mass is 9.94. The van der Waals surface area contributed by atoms with Crippen molar-refractivity contribution in [1.82, 2.24) is 4.98 Å². The number of benzene rings is 1. The molecule has 8 nitrogen and oxygen atoms in total. The number of aromatic carboxylic acids is 2. The molecule has 0 aliphatic heterocycles. The van der Waals surface area contributed by atoms with Gasteiger partial charge in [-0.1, -0.05) is 0 Å². The van der Waals surface area contributed by atoms with E-state index in [1.165, 1.54) is 0 Å². The van der Waals surface area contributed by atoms with E-state index in [9.17, 15) is 41.4 Å². The number of carbonyl (C=O) groups is 2. The van der Waals surface area contributed by atoms with Gasteiger partial charge in [0.1, 0.15) is 34.3 Å². The number of hydrogen-bond acceptors (Lipinski definition) is 5. The zero-order valence-electron chi connectivity index (χ0n) is 12.6. The van der Waals surface area contributed by atoms with Crippen molar-refractivity contribution in [3.8, 4) is 16.9 Å². The van der Waals surface area contributed by atoms with Crippen molar-refractivity contribution in [3.05, 3.63) is 45.2 Å². The topological polar surface area (TPSA) is 143 Å². The second kappa shape index (κ2) is 6.59. The number of anilines is 1. The molecule has 0 atom stereocenters. The third kappa shape index (κ3) is 3.80. The van der Waals surface area contributed by atoms with Gasteiger partial charge in [0.2, 0.25) is 0 Å². The number of nitrogens with two attached hydrogens (primary N) is 1. The molecule has 0 aliphatic rings. The van der Waals surface area contributed by atoms with Gasteiger partial charge in [-0.25, -0.2) is 18.4 Å². The van der Waals surface area contributed by atoms with Gasteiger partial charge < -0.3 is 25.7 Å². The van der Waals surface area contributed by atoms with Crippen molar-refractivity contribution in [2.75, 3.05) is 5.73 Å². The number of H-pyrrole nitrogens is 1. The van der Waals surface area contributed by atoms with Crippen molar-refractivity contribution in [2.24, 2.45) is 0 Å². The number of ether oxygens (including phenoxy) is 1. The third-order valence-corrected chi connectivity index (χ3v) is 3.17.